The summed E-state index contributed by atoms with van der Waals surface area (Å²) < 4.78 is 6.91. The van der Waals surface area contributed by atoms with Crippen molar-refractivity contribution in [2.75, 3.05) is 6.54 Å². The Morgan fingerprint density at radius 1 is 1.32 bits per heavy atom. The van der Waals surface area contributed by atoms with E-state index in [1.54, 1.807) is 26.8 Å². The highest BCUT2D eigenvalue weighted by Crippen LogP contribution is 2.27. The minimum Gasteiger partial charge on any atom is -0.444 e. The molecule has 1 aliphatic heterocycles. The molecule has 3 rings (SSSR count). The van der Waals surface area contributed by atoms with Crippen LogP contribution >= 0.6 is 11.6 Å². The molecule has 0 atom stereocenters. The number of Topliss-reactive ketones (excluding diaryl/α,β-unsaturated/α-hetero) is 1. The van der Waals surface area contributed by atoms with Crippen LogP contribution in [-0.4, -0.2) is 43.7 Å². The van der Waals surface area contributed by atoms with E-state index in [1.165, 1.54) is 22.6 Å². The maximum absolute atomic E-state index is 12.4. The zero-order chi connectivity index (χ0) is 20.6. The molecular formula is C19H20ClN5O3. The zero-order valence-corrected chi connectivity index (χ0v) is 16.9. The fraction of sp³-hybridized carbons (Fsp3) is 0.421. The first-order valence-electron chi connectivity index (χ1n) is 8.77. The van der Waals surface area contributed by atoms with Crippen LogP contribution in [0.15, 0.2) is 12.1 Å². The van der Waals surface area contributed by atoms with Crippen molar-refractivity contribution in [1.29, 1.82) is 5.26 Å². The number of fused-ring (bicyclic) bond motifs is 1. The Morgan fingerprint density at radius 2 is 2.04 bits per heavy atom. The van der Waals surface area contributed by atoms with Gasteiger partial charge in [0.25, 0.3) is 0 Å². The number of nitriles is 1. The largest absolute Gasteiger partial charge is 0.444 e. The molecule has 3 heterocycles. The van der Waals surface area contributed by atoms with Gasteiger partial charge in [-0.05, 0) is 39.8 Å². The molecule has 1 amide bonds. The summed E-state index contributed by atoms with van der Waals surface area (Å²) in [7, 11) is 0. The Hall–Kier alpha value is -2.92. The number of hydrogen-bond donors (Lipinski definition) is 0. The number of aromatic nitrogens is 3. The lowest BCUT2D eigenvalue weighted by Gasteiger charge is -2.30. The van der Waals surface area contributed by atoms with Crippen LogP contribution < -0.4 is 0 Å². The number of nitrogens with zero attached hydrogens (tertiary/aromatic N) is 5. The lowest BCUT2D eigenvalue weighted by atomic mass is 10.1. The van der Waals surface area contributed by atoms with Crippen LogP contribution in [0.4, 0.5) is 4.79 Å². The van der Waals surface area contributed by atoms with Gasteiger partial charge in [0.15, 0.2) is 17.3 Å². The van der Waals surface area contributed by atoms with E-state index in [0.717, 1.165) is 5.69 Å². The van der Waals surface area contributed by atoms with Gasteiger partial charge in [0.2, 0.25) is 0 Å². The second-order valence-electron chi connectivity index (χ2n) is 7.51. The summed E-state index contributed by atoms with van der Waals surface area (Å²) in [4.78, 5) is 30.2. The minimum atomic E-state index is -0.610. The van der Waals surface area contributed by atoms with E-state index >= 15 is 0 Å². The molecule has 0 unspecified atom stereocenters. The van der Waals surface area contributed by atoms with Crippen LogP contribution in [0.25, 0.3) is 5.82 Å². The van der Waals surface area contributed by atoms with Crippen molar-refractivity contribution in [3.63, 3.8) is 0 Å². The Morgan fingerprint density at radius 3 is 2.64 bits per heavy atom. The average molecular weight is 402 g/mol. The van der Waals surface area contributed by atoms with Gasteiger partial charge in [-0.15, -0.1) is 0 Å². The molecule has 0 saturated heterocycles. The number of rotatable bonds is 2. The first kappa shape index (κ1) is 19.8. The van der Waals surface area contributed by atoms with Gasteiger partial charge >= 0.3 is 6.09 Å². The number of carbonyl (C=O) groups is 2. The van der Waals surface area contributed by atoms with Gasteiger partial charge in [-0.1, -0.05) is 11.6 Å². The van der Waals surface area contributed by atoms with Gasteiger partial charge in [0.05, 0.1) is 17.8 Å². The van der Waals surface area contributed by atoms with Gasteiger partial charge in [0, 0.05) is 18.5 Å². The smallest absolute Gasteiger partial charge is 0.410 e. The van der Waals surface area contributed by atoms with E-state index in [0.29, 0.717) is 24.1 Å². The summed E-state index contributed by atoms with van der Waals surface area (Å²) in [5, 5.41) is 14.1. The summed E-state index contributed by atoms with van der Waals surface area (Å²) in [6, 6.07) is 5.18. The Balaban J connectivity index is 2.03. The summed E-state index contributed by atoms with van der Waals surface area (Å²) in [5.74, 6) is 0.0941. The molecule has 28 heavy (non-hydrogen) atoms. The van der Waals surface area contributed by atoms with Crippen LogP contribution in [0.5, 0.6) is 0 Å². The SMILES string of the molecule is CC(=O)c1ccc(Cl)nc1-n1nc(C#N)c2c1CCN(C(=O)OC(C)(C)C)C2. The normalized spacial score (nSPS) is 13.6. The van der Waals surface area contributed by atoms with Crippen molar-refractivity contribution in [3.05, 3.63) is 39.8 Å². The lowest BCUT2D eigenvalue weighted by molar-refractivity contribution is 0.0223. The van der Waals surface area contributed by atoms with Crippen molar-refractivity contribution >= 4 is 23.5 Å². The van der Waals surface area contributed by atoms with Crippen LogP contribution in [0.3, 0.4) is 0 Å². The molecule has 1 aliphatic rings. The predicted octanol–water partition coefficient (Wildman–Crippen LogP) is 3.29. The van der Waals surface area contributed by atoms with Crippen molar-refractivity contribution < 1.29 is 14.3 Å². The second kappa shape index (κ2) is 7.24. The molecular weight excluding hydrogens is 382 g/mol. The van der Waals surface area contributed by atoms with Gasteiger partial charge < -0.3 is 9.64 Å². The highest BCUT2D eigenvalue weighted by atomic mass is 35.5. The molecule has 0 bridgehead atoms. The van der Waals surface area contributed by atoms with Crippen molar-refractivity contribution in [3.8, 4) is 11.9 Å². The van der Waals surface area contributed by atoms with Crippen molar-refractivity contribution in [2.24, 2.45) is 0 Å². The second-order valence-corrected chi connectivity index (χ2v) is 7.90. The molecule has 0 radical (unpaired) electrons. The van der Waals surface area contributed by atoms with Gasteiger partial charge in [0.1, 0.15) is 16.8 Å². The standard InChI is InChI=1S/C19H20ClN5O3/c1-11(26)12-5-6-16(20)22-17(12)25-15-7-8-24(18(27)28-19(2,3)4)10-13(15)14(9-21)23-25/h5-6H,7-8,10H2,1-4H3. The van der Waals surface area contributed by atoms with E-state index in [1.807, 2.05) is 0 Å². The number of ether oxygens (including phenoxy) is 1. The number of carbonyl (C=O) groups excluding carboxylic acids is 2. The highest BCUT2D eigenvalue weighted by Gasteiger charge is 2.31. The van der Waals surface area contributed by atoms with Gasteiger partial charge in [-0.3, -0.25) is 4.79 Å². The van der Waals surface area contributed by atoms with E-state index < -0.39 is 11.7 Å². The van der Waals surface area contributed by atoms with E-state index in [9.17, 15) is 14.9 Å². The van der Waals surface area contributed by atoms with Crippen molar-refractivity contribution in [2.45, 2.75) is 46.3 Å². The van der Waals surface area contributed by atoms with Crippen molar-refractivity contribution in [1.82, 2.24) is 19.7 Å². The Kier molecular flexibility index (Phi) is 5.13. The van der Waals surface area contributed by atoms with Gasteiger partial charge in [-0.2, -0.15) is 10.4 Å². The molecule has 0 N–H and O–H groups in total. The average Bonchev–Trinajstić information content (AvgIpc) is 2.97. The monoisotopic (exact) mass is 401 g/mol. The van der Waals surface area contributed by atoms with Crippen LogP contribution in [-0.2, 0) is 17.7 Å². The topological polar surface area (TPSA) is 101 Å². The summed E-state index contributed by atoms with van der Waals surface area (Å²) in [5.41, 5.74) is 1.28. The lowest BCUT2D eigenvalue weighted by Crippen LogP contribution is -2.40. The molecule has 0 aromatic carbocycles. The molecule has 0 fully saturated rings. The first-order valence-corrected chi connectivity index (χ1v) is 9.15. The number of ketones is 1. The third-order valence-corrected chi connectivity index (χ3v) is 4.45. The maximum atomic E-state index is 12.4. The molecule has 2 aromatic rings. The number of halogens is 1. The first-order chi connectivity index (χ1) is 13.1. The third kappa shape index (κ3) is 3.85. The summed E-state index contributed by atoms with van der Waals surface area (Å²) >= 11 is 6.02. The molecule has 146 valence electrons. The molecule has 8 nitrogen and oxygen atoms in total. The molecule has 2 aromatic heterocycles. The summed E-state index contributed by atoms with van der Waals surface area (Å²) in [6.45, 7) is 7.42. The predicted molar refractivity (Wildman–Crippen MR) is 101 cm³/mol. The van der Waals surface area contributed by atoms with Crippen LogP contribution in [0.1, 0.15) is 55.0 Å². The quantitative estimate of drug-likeness (QED) is 0.565. The molecule has 0 spiro atoms. The maximum Gasteiger partial charge on any atom is 0.410 e. The van der Waals surface area contributed by atoms with Crippen LogP contribution in [0.2, 0.25) is 5.15 Å². The van der Waals surface area contributed by atoms with E-state index in [-0.39, 0.29) is 29.0 Å². The number of hydrogen-bond acceptors (Lipinski definition) is 6. The summed E-state index contributed by atoms with van der Waals surface area (Å²) in [6.07, 6.45) is -0.00508. The van der Waals surface area contributed by atoms with E-state index in [2.05, 4.69) is 16.2 Å². The van der Waals surface area contributed by atoms with Crippen LogP contribution in [0, 0.1) is 11.3 Å². The Labute approximate surface area is 167 Å². The number of amides is 1. The fourth-order valence-corrected chi connectivity index (χ4v) is 3.17. The highest BCUT2D eigenvalue weighted by molar-refractivity contribution is 6.29. The molecule has 0 aliphatic carbocycles. The van der Waals surface area contributed by atoms with E-state index in [4.69, 9.17) is 16.3 Å². The Bertz CT molecular complexity index is 1000. The zero-order valence-electron chi connectivity index (χ0n) is 16.1. The molecule has 0 saturated carbocycles. The van der Waals surface area contributed by atoms with Gasteiger partial charge in [-0.25, -0.2) is 14.5 Å². The molecule has 9 heteroatoms. The number of pyridine rings is 1. The third-order valence-electron chi connectivity index (χ3n) is 4.24. The fourth-order valence-electron chi connectivity index (χ4n) is 3.03. The minimum absolute atomic E-state index is 0.180.